The Morgan fingerprint density at radius 3 is 2.96 bits per heavy atom. The largest absolute Gasteiger partial charge is 0.311 e. The second kappa shape index (κ2) is 6.60. The molecule has 126 valence electrons. The topological polar surface area (TPSA) is 94.2 Å². The predicted molar refractivity (Wildman–Crippen MR) is 90.3 cm³/mol. The van der Waals surface area contributed by atoms with Gasteiger partial charge >= 0.3 is 0 Å². The molecule has 24 heavy (non-hydrogen) atoms. The van der Waals surface area contributed by atoms with Crippen LogP contribution >= 0.6 is 11.8 Å². The summed E-state index contributed by atoms with van der Waals surface area (Å²) in [6.07, 6.45) is 2.36. The van der Waals surface area contributed by atoms with Crippen LogP contribution in [0.4, 0.5) is 11.4 Å². The summed E-state index contributed by atoms with van der Waals surface area (Å²) in [4.78, 5) is 24.7. The lowest BCUT2D eigenvalue weighted by Crippen LogP contribution is -2.30. The first-order chi connectivity index (χ1) is 11.5. The van der Waals surface area contributed by atoms with Crippen LogP contribution in [0.5, 0.6) is 0 Å². The van der Waals surface area contributed by atoms with Gasteiger partial charge in [0.15, 0.2) is 5.16 Å². The summed E-state index contributed by atoms with van der Waals surface area (Å²) in [6.45, 7) is 4.59. The minimum atomic E-state index is -0.443. The quantitative estimate of drug-likeness (QED) is 0.468. The number of hydrogen-bond acceptors (Lipinski definition) is 6. The highest BCUT2D eigenvalue weighted by Gasteiger charge is 2.27. The van der Waals surface area contributed by atoms with Crippen molar-refractivity contribution >= 4 is 29.0 Å². The van der Waals surface area contributed by atoms with Crippen molar-refractivity contribution in [2.75, 3.05) is 17.2 Å². The molecule has 0 bridgehead atoms. The van der Waals surface area contributed by atoms with Crippen molar-refractivity contribution < 1.29 is 9.72 Å². The maximum absolute atomic E-state index is 12.5. The average molecular weight is 347 g/mol. The van der Waals surface area contributed by atoms with Crippen LogP contribution in [0.15, 0.2) is 29.7 Å². The van der Waals surface area contributed by atoms with Crippen LogP contribution in [0.25, 0.3) is 0 Å². The Bertz CT molecular complexity index is 789. The molecule has 0 saturated carbocycles. The number of amides is 1. The van der Waals surface area contributed by atoms with Crippen LogP contribution in [-0.4, -0.2) is 37.9 Å². The number of carbonyl (C=O) groups is 1. The zero-order valence-electron chi connectivity index (χ0n) is 13.4. The molecule has 0 atom stereocenters. The van der Waals surface area contributed by atoms with Crippen LogP contribution in [0.3, 0.4) is 0 Å². The molecule has 0 unspecified atom stereocenters. The summed E-state index contributed by atoms with van der Waals surface area (Å²) >= 11 is 1.33. The van der Waals surface area contributed by atoms with E-state index in [4.69, 9.17) is 0 Å². The van der Waals surface area contributed by atoms with E-state index in [0.29, 0.717) is 23.8 Å². The van der Waals surface area contributed by atoms with Crippen LogP contribution in [0.2, 0.25) is 0 Å². The van der Waals surface area contributed by atoms with E-state index in [9.17, 15) is 14.9 Å². The Morgan fingerprint density at radius 1 is 1.46 bits per heavy atom. The SMILES string of the molecule is CC(C)n1cnnc1SCC(=O)N1CCc2ccc([N+](=O)[O-])cc21. The summed E-state index contributed by atoms with van der Waals surface area (Å²) in [5.41, 5.74) is 1.60. The highest BCUT2D eigenvalue weighted by molar-refractivity contribution is 7.99. The molecule has 1 aliphatic heterocycles. The van der Waals surface area contributed by atoms with E-state index in [0.717, 1.165) is 5.56 Å². The molecule has 1 aromatic heterocycles. The van der Waals surface area contributed by atoms with Gasteiger partial charge in [-0.15, -0.1) is 10.2 Å². The van der Waals surface area contributed by atoms with Crippen molar-refractivity contribution in [1.29, 1.82) is 0 Å². The van der Waals surface area contributed by atoms with Gasteiger partial charge < -0.3 is 9.47 Å². The van der Waals surface area contributed by atoms with Crippen molar-refractivity contribution in [3.8, 4) is 0 Å². The molecule has 8 nitrogen and oxygen atoms in total. The van der Waals surface area contributed by atoms with Crippen LogP contribution in [0.1, 0.15) is 25.5 Å². The summed E-state index contributed by atoms with van der Waals surface area (Å²) in [7, 11) is 0. The highest BCUT2D eigenvalue weighted by Crippen LogP contribution is 2.32. The molecule has 0 aliphatic carbocycles. The van der Waals surface area contributed by atoms with E-state index >= 15 is 0 Å². The molecule has 1 aliphatic rings. The lowest BCUT2D eigenvalue weighted by Gasteiger charge is -2.17. The molecule has 3 rings (SSSR count). The smallest absolute Gasteiger partial charge is 0.271 e. The standard InChI is InChI=1S/C15H17N5O3S/c1-10(2)19-9-16-17-15(19)24-8-14(21)18-6-5-11-3-4-12(20(22)23)7-13(11)18/h3-4,7,9-10H,5-6,8H2,1-2H3. The third kappa shape index (κ3) is 3.12. The number of hydrogen-bond donors (Lipinski definition) is 0. The van der Waals surface area contributed by atoms with E-state index in [1.807, 2.05) is 18.4 Å². The molecule has 0 spiro atoms. The number of aromatic nitrogens is 3. The number of non-ortho nitro benzene ring substituents is 1. The zero-order chi connectivity index (χ0) is 17.3. The Labute approximate surface area is 143 Å². The molecule has 1 aromatic carbocycles. The van der Waals surface area contributed by atoms with Gasteiger partial charge in [-0.2, -0.15) is 0 Å². The average Bonchev–Trinajstić information content (AvgIpc) is 3.18. The molecular weight excluding hydrogens is 330 g/mol. The monoisotopic (exact) mass is 347 g/mol. The minimum Gasteiger partial charge on any atom is -0.311 e. The lowest BCUT2D eigenvalue weighted by atomic mass is 10.1. The van der Waals surface area contributed by atoms with Crippen molar-refractivity contribution in [2.45, 2.75) is 31.5 Å². The normalized spacial score (nSPS) is 13.4. The van der Waals surface area contributed by atoms with E-state index in [1.165, 1.54) is 23.9 Å². The number of rotatable bonds is 5. The Hall–Kier alpha value is -2.42. The molecule has 0 N–H and O–H groups in total. The number of nitro groups is 1. The van der Waals surface area contributed by atoms with Gasteiger partial charge in [-0.05, 0) is 25.8 Å². The van der Waals surface area contributed by atoms with Crippen molar-refractivity contribution in [3.63, 3.8) is 0 Å². The molecule has 0 saturated heterocycles. The van der Waals surface area contributed by atoms with Crippen molar-refractivity contribution in [1.82, 2.24) is 14.8 Å². The second-order valence-electron chi connectivity index (χ2n) is 5.77. The van der Waals surface area contributed by atoms with Gasteiger partial charge in [-0.25, -0.2) is 0 Å². The third-order valence-corrected chi connectivity index (χ3v) is 4.84. The number of thioether (sulfide) groups is 1. The first-order valence-electron chi connectivity index (χ1n) is 7.57. The van der Waals surface area contributed by atoms with Gasteiger partial charge in [0, 0.05) is 24.7 Å². The molecule has 0 fully saturated rings. The Kier molecular flexibility index (Phi) is 4.52. The van der Waals surface area contributed by atoms with Crippen molar-refractivity contribution in [3.05, 3.63) is 40.2 Å². The Balaban J connectivity index is 1.72. The molecule has 2 aromatic rings. The third-order valence-electron chi connectivity index (χ3n) is 3.90. The molecular formula is C15H17N5O3S. The maximum atomic E-state index is 12.5. The fourth-order valence-corrected chi connectivity index (χ4v) is 3.55. The number of nitrogens with zero attached hydrogens (tertiary/aromatic N) is 5. The first kappa shape index (κ1) is 16.4. The zero-order valence-corrected chi connectivity index (χ0v) is 14.2. The summed E-state index contributed by atoms with van der Waals surface area (Å²) in [6, 6.07) is 4.89. The predicted octanol–water partition coefficient (Wildman–Crippen LogP) is 2.45. The van der Waals surface area contributed by atoms with Crippen molar-refractivity contribution in [2.24, 2.45) is 0 Å². The molecule has 1 amide bonds. The van der Waals surface area contributed by atoms with Gasteiger partial charge in [0.1, 0.15) is 6.33 Å². The molecule has 9 heteroatoms. The lowest BCUT2D eigenvalue weighted by molar-refractivity contribution is -0.384. The number of benzene rings is 1. The van der Waals surface area contributed by atoms with E-state index in [1.54, 1.807) is 17.3 Å². The van der Waals surface area contributed by atoms with Crippen LogP contribution in [-0.2, 0) is 11.2 Å². The first-order valence-corrected chi connectivity index (χ1v) is 8.56. The maximum Gasteiger partial charge on any atom is 0.271 e. The number of fused-ring (bicyclic) bond motifs is 1. The summed E-state index contributed by atoms with van der Waals surface area (Å²) in [5, 5.41) is 19.5. The fourth-order valence-electron chi connectivity index (χ4n) is 2.63. The second-order valence-corrected chi connectivity index (χ2v) is 6.71. The van der Waals surface area contributed by atoms with Gasteiger partial charge in [0.25, 0.3) is 5.69 Å². The number of nitro benzene ring substituents is 1. The fraction of sp³-hybridized carbons (Fsp3) is 0.400. The molecule has 0 radical (unpaired) electrons. The molecule has 2 heterocycles. The van der Waals surface area contributed by atoms with Crippen LogP contribution < -0.4 is 4.90 Å². The number of carbonyl (C=O) groups excluding carboxylic acids is 1. The summed E-state index contributed by atoms with van der Waals surface area (Å²) < 4.78 is 1.90. The number of anilines is 1. The van der Waals surface area contributed by atoms with Gasteiger partial charge in [-0.1, -0.05) is 17.8 Å². The minimum absolute atomic E-state index is 0.000605. The van der Waals surface area contributed by atoms with Crippen LogP contribution in [0, 0.1) is 10.1 Å². The van der Waals surface area contributed by atoms with Gasteiger partial charge in [-0.3, -0.25) is 14.9 Å². The van der Waals surface area contributed by atoms with E-state index in [2.05, 4.69) is 10.2 Å². The van der Waals surface area contributed by atoms with Gasteiger partial charge in [0.2, 0.25) is 5.91 Å². The van der Waals surface area contributed by atoms with E-state index in [-0.39, 0.29) is 23.4 Å². The summed E-state index contributed by atoms with van der Waals surface area (Å²) in [5.74, 6) is 0.130. The Morgan fingerprint density at radius 2 is 2.25 bits per heavy atom. The highest BCUT2D eigenvalue weighted by atomic mass is 32.2. The van der Waals surface area contributed by atoms with Gasteiger partial charge in [0.05, 0.1) is 16.4 Å². The van der Waals surface area contributed by atoms with E-state index < -0.39 is 4.92 Å².